The van der Waals surface area contributed by atoms with Crippen molar-refractivity contribution in [3.05, 3.63) is 17.5 Å². The standard InChI is InChI=1S/C13H21N3O3S2.C2HF3O2/c1-3-6-16-10(2)11(9-15-16)13(19)14-5-8-21-20-7-4-12(17)18;3-2(4,5)1(6)7/h9H,3-8H2,1-2H3,(H,14,19)(H,17,18);(H,6,7). The zero-order valence-electron chi connectivity index (χ0n) is 15.3. The van der Waals surface area contributed by atoms with E-state index in [2.05, 4.69) is 17.3 Å². The number of aryl methyl sites for hydroxylation is 1. The summed E-state index contributed by atoms with van der Waals surface area (Å²) >= 11 is 0. The van der Waals surface area contributed by atoms with Gasteiger partial charge in [0.15, 0.2) is 0 Å². The number of rotatable bonds is 10. The van der Waals surface area contributed by atoms with Crippen molar-refractivity contribution in [1.82, 2.24) is 15.1 Å². The normalized spacial score (nSPS) is 10.8. The molecule has 13 heteroatoms. The third-order valence-electron chi connectivity index (χ3n) is 2.98. The van der Waals surface area contributed by atoms with Crippen LogP contribution in [0.4, 0.5) is 13.2 Å². The average Bonchev–Trinajstić information content (AvgIpc) is 2.94. The van der Waals surface area contributed by atoms with Gasteiger partial charge in [-0.15, -0.1) is 0 Å². The Morgan fingerprint density at radius 3 is 2.29 bits per heavy atom. The van der Waals surface area contributed by atoms with E-state index in [4.69, 9.17) is 15.0 Å². The monoisotopic (exact) mass is 445 g/mol. The summed E-state index contributed by atoms with van der Waals surface area (Å²) in [5, 5.41) is 22.7. The highest BCUT2D eigenvalue weighted by Gasteiger charge is 2.38. The van der Waals surface area contributed by atoms with Crippen molar-refractivity contribution in [3.8, 4) is 0 Å². The number of amides is 1. The van der Waals surface area contributed by atoms with Gasteiger partial charge >= 0.3 is 18.1 Å². The van der Waals surface area contributed by atoms with Gasteiger partial charge in [0.05, 0.1) is 18.2 Å². The Hall–Kier alpha value is -1.89. The Labute approximate surface area is 167 Å². The quantitative estimate of drug-likeness (QED) is 0.371. The fourth-order valence-corrected chi connectivity index (χ4v) is 3.54. The molecule has 1 heterocycles. The molecule has 0 aliphatic heterocycles. The summed E-state index contributed by atoms with van der Waals surface area (Å²) in [6, 6.07) is 0. The van der Waals surface area contributed by atoms with Crippen LogP contribution < -0.4 is 5.32 Å². The van der Waals surface area contributed by atoms with Crippen molar-refractivity contribution >= 4 is 39.4 Å². The molecule has 28 heavy (non-hydrogen) atoms. The summed E-state index contributed by atoms with van der Waals surface area (Å²) in [6.45, 7) is 5.34. The van der Waals surface area contributed by atoms with Gasteiger partial charge in [-0.05, 0) is 13.3 Å². The topological polar surface area (TPSA) is 122 Å². The summed E-state index contributed by atoms with van der Waals surface area (Å²) in [5.74, 6) is -2.32. The number of carboxylic acids is 2. The van der Waals surface area contributed by atoms with Gasteiger partial charge in [0, 0.05) is 30.3 Å². The zero-order valence-corrected chi connectivity index (χ0v) is 16.9. The average molecular weight is 445 g/mol. The molecular weight excluding hydrogens is 423 g/mol. The number of nitrogens with zero attached hydrogens (tertiary/aromatic N) is 2. The van der Waals surface area contributed by atoms with Gasteiger partial charge in [-0.1, -0.05) is 28.5 Å². The second-order valence-electron chi connectivity index (χ2n) is 5.21. The first-order valence-electron chi connectivity index (χ1n) is 8.07. The maximum Gasteiger partial charge on any atom is 0.490 e. The van der Waals surface area contributed by atoms with E-state index in [9.17, 15) is 22.8 Å². The number of nitrogens with one attached hydrogen (secondary N) is 1. The molecule has 1 aromatic rings. The lowest BCUT2D eigenvalue weighted by atomic mass is 10.2. The number of hydrogen-bond donors (Lipinski definition) is 3. The van der Waals surface area contributed by atoms with Crippen molar-refractivity contribution in [2.75, 3.05) is 18.1 Å². The Balaban J connectivity index is 0.000000887. The van der Waals surface area contributed by atoms with Crippen LogP contribution in [-0.2, 0) is 16.1 Å². The van der Waals surface area contributed by atoms with E-state index in [1.165, 1.54) is 10.8 Å². The lowest BCUT2D eigenvalue weighted by molar-refractivity contribution is -0.192. The number of aromatic nitrogens is 2. The summed E-state index contributed by atoms with van der Waals surface area (Å²) < 4.78 is 33.6. The molecule has 0 bridgehead atoms. The predicted molar refractivity (Wildman–Crippen MR) is 100 cm³/mol. The summed E-state index contributed by atoms with van der Waals surface area (Å²) in [5.41, 5.74) is 1.50. The lowest BCUT2D eigenvalue weighted by Crippen LogP contribution is -2.26. The number of aliphatic carboxylic acids is 2. The van der Waals surface area contributed by atoms with Crippen molar-refractivity contribution in [2.45, 2.75) is 39.4 Å². The van der Waals surface area contributed by atoms with Crippen LogP contribution in [0.5, 0.6) is 0 Å². The Morgan fingerprint density at radius 2 is 1.79 bits per heavy atom. The fourth-order valence-electron chi connectivity index (χ4n) is 1.65. The first-order chi connectivity index (χ1) is 13.0. The van der Waals surface area contributed by atoms with Gasteiger partial charge in [0.1, 0.15) is 0 Å². The van der Waals surface area contributed by atoms with Crippen LogP contribution in [0.1, 0.15) is 35.8 Å². The van der Waals surface area contributed by atoms with E-state index >= 15 is 0 Å². The molecule has 3 N–H and O–H groups in total. The SMILES string of the molecule is CCCn1ncc(C(=O)NCCSSCCC(=O)O)c1C.O=C(O)C(F)(F)F. The van der Waals surface area contributed by atoms with Crippen LogP contribution in [0, 0.1) is 6.92 Å². The van der Waals surface area contributed by atoms with Gasteiger partial charge in [-0.2, -0.15) is 18.3 Å². The summed E-state index contributed by atoms with van der Waals surface area (Å²) in [7, 11) is 3.08. The van der Waals surface area contributed by atoms with Crippen molar-refractivity contribution in [1.29, 1.82) is 0 Å². The van der Waals surface area contributed by atoms with E-state index in [0.717, 1.165) is 24.4 Å². The third kappa shape index (κ3) is 11.1. The second kappa shape index (κ2) is 13.3. The van der Waals surface area contributed by atoms with E-state index in [1.54, 1.807) is 17.0 Å². The van der Waals surface area contributed by atoms with Crippen LogP contribution in [0.3, 0.4) is 0 Å². The smallest absolute Gasteiger partial charge is 0.481 e. The van der Waals surface area contributed by atoms with Crippen molar-refractivity contribution in [3.63, 3.8) is 0 Å². The highest BCUT2D eigenvalue weighted by molar-refractivity contribution is 8.76. The largest absolute Gasteiger partial charge is 0.490 e. The molecule has 1 amide bonds. The predicted octanol–water partition coefficient (Wildman–Crippen LogP) is 2.82. The molecule has 1 aromatic heterocycles. The van der Waals surface area contributed by atoms with Gasteiger partial charge in [-0.3, -0.25) is 14.3 Å². The number of halogens is 3. The molecule has 0 atom stereocenters. The van der Waals surface area contributed by atoms with Gasteiger partial charge in [0.25, 0.3) is 5.91 Å². The maximum absolute atomic E-state index is 12.0. The van der Waals surface area contributed by atoms with Gasteiger partial charge in [0.2, 0.25) is 0 Å². The van der Waals surface area contributed by atoms with Crippen LogP contribution in [0.25, 0.3) is 0 Å². The molecule has 160 valence electrons. The molecule has 0 saturated carbocycles. The summed E-state index contributed by atoms with van der Waals surface area (Å²) in [6.07, 6.45) is -2.33. The third-order valence-corrected chi connectivity index (χ3v) is 5.39. The number of carbonyl (C=O) groups is 3. The van der Waals surface area contributed by atoms with E-state index in [-0.39, 0.29) is 12.3 Å². The van der Waals surface area contributed by atoms with Crippen molar-refractivity contribution in [2.24, 2.45) is 0 Å². The first kappa shape index (κ1) is 26.1. The number of hydrogen-bond acceptors (Lipinski definition) is 6. The lowest BCUT2D eigenvalue weighted by Gasteiger charge is -2.05. The van der Waals surface area contributed by atoms with E-state index in [0.29, 0.717) is 17.9 Å². The van der Waals surface area contributed by atoms with Crippen LogP contribution in [-0.4, -0.2) is 62.1 Å². The molecular formula is C15H22F3N3O5S2. The number of alkyl halides is 3. The highest BCUT2D eigenvalue weighted by Crippen LogP contribution is 2.21. The molecule has 0 aromatic carbocycles. The minimum Gasteiger partial charge on any atom is -0.481 e. The minimum absolute atomic E-state index is 0.106. The van der Waals surface area contributed by atoms with E-state index in [1.807, 2.05) is 11.6 Å². The minimum atomic E-state index is -5.08. The number of carboxylic acid groups (broad SMARTS) is 2. The van der Waals surface area contributed by atoms with Gasteiger partial charge < -0.3 is 15.5 Å². The molecule has 0 aliphatic rings. The van der Waals surface area contributed by atoms with E-state index < -0.39 is 18.1 Å². The first-order valence-corrected chi connectivity index (χ1v) is 10.6. The Morgan fingerprint density at radius 1 is 1.21 bits per heavy atom. The highest BCUT2D eigenvalue weighted by atomic mass is 33.1. The molecule has 0 spiro atoms. The fraction of sp³-hybridized carbons (Fsp3) is 0.600. The van der Waals surface area contributed by atoms with Crippen molar-refractivity contribution < 1.29 is 37.8 Å². The zero-order chi connectivity index (χ0) is 21.7. The maximum atomic E-state index is 12.0. The van der Waals surface area contributed by atoms with Gasteiger partial charge in [-0.25, -0.2) is 4.79 Å². The number of carbonyl (C=O) groups excluding carboxylic acids is 1. The van der Waals surface area contributed by atoms with Crippen LogP contribution in [0.2, 0.25) is 0 Å². The van der Waals surface area contributed by atoms with Crippen LogP contribution >= 0.6 is 21.6 Å². The van der Waals surface area contributed by atoms with Crippen LogP contribution in [0.15, 0.2) is 6.20 Å². The Bertz CT molecular complexity index is 653. The molecule has 0 radical (unpaired) electrons. The molecule has 0 unspecified atom stereocenters. The summed E-state index contributed by atoms with van der Waals surface area (Å²) in [4.78, 5) is 31.2. The molecule has 0 fully saturated rings. The molecule has 1 rings (SSSR count). The second-order valence-corrected chi connectivity index (χ2v) is 7.92. The molecule has 0 saturated heterocycles. The Kier molecular flexibility index (Phi) is 12.4. The molecule has 0 aliphatic carbocycles. The molecule has 8 nitrogen and oxygen atoms in total.